The molecular weight excluding hydrogens is 368 g/mol. The van der Waals surface area contributed by atoms with Crippen LogP contribution in [0.4, 0.5) is 5.69 Å². The lowest BCUT2D eigenvalue weighted by molar-refractivity contribution is -0.385. The highest BCUT2D eigenvalue weighted by atomic mass is 35.5. The molecule has 3 rings (SSSR count). The second kappa shape index (κ2) is 8.35. The van der Waals surface area contributed by atoms with Gasteiger partial charge in [0.05, 0.1) is 12.0 Å². The summed E-state index contributed by atoms with van der Waals surface area (Å²) in [4.78, 5) is 21.4. The van der Waals surface area contributed by atoms with Crippen molar-refractivity contribution in [3.63, 3.8) is 0 Å². The molecule has 1 aromatic heterocycles. The van der Waals surface area contributed by atoms with E-state index < -0.39 is 4.92 Å². The summed E-state index contributed by atoms with van der Waals surface area (Å²) in [6, 6.07) is 7.81. The average molecular weight is 389 g/mol. The van der Waals surface area contributed by atoms with E-state index in [9.17, 15) is 10.1 Å². The number of hydrogen-bond donors (Lipinski definition) is 0. The SMILES string of the molecule is COc1ccc(C/C(=C/c2nc(C)nc(Cl)c2[N+](=O)[O-])N2CCCC2)cc1. The third-order valence-electron chi connectivity index (χ3n) is 4.52. The Kier molecular flexibility index (Phi) is 5.91. The minimum Gasteiger partial charge on any atom is -0.497 e. The number of aryl methyl sites for hydroxylation is 1. The van der Waals surface area contributed by atoms with E-state index >= 15 is 0 Å². The normalized spacial score (nSPS) is 14.5. The van der Waals surface area contributed by atoms with Crippen LogP contribution in [0.15, 0.2) is 30.0 Å². The van der Waals surface area contributed by atoms with E-state index in [4.69, 9.17) is 16.3 Å². The molecule has 0 spiro atoms. The lowest BCUT2D eigenvalue weighted by Gasteiger charge is -2.22. The van der Waals surface area contributed by atoms with Crippen LogP contribution in [0.3, 0.4) is 0 Å². The van der Waals surface area contributed by atoms with Crippen molar-refractivity contribution in [2.75, 3.05) is 20.2 Å². The highest BCUT2D eigenvalue weighted by molar-refractivity contribution is 6.31. The van der Waals surface area contributed by atoms with Gasteiger partial charge < -0.3 is 9.64 Å². The fourth-order valence-corrected chi connectivity index (χ4v) is 3.48. The molecule has 142 valence electrons. The zero-order valence-electron chi connectivity index (χ0n) is 15.3. The van der Waals surface area contributed by atoms with Crippen LogP contribution < -0.4 is 4.74 Å². The molecule has 2 heterocycles. The summed E-state index contributed by atoms with van der Waals surface area (Å²) in [7, 11) is 1.63. The number of nitro groups is 1. The fourth-order valence-electron chi connectivity index (χ4n) is 3.19. The number of aromatic nitrogens is 2. The van der Waals surface area contributed by atoms with Crippen LogP contribution in [-0.2, 0) is 6.42 Å². The molecule has 1 aliphatic heterocycles. The van der Waals surface area contributed by atoms with Crippen molar-refractivity contribution in [2.45, 2.75) is 26.2 Å². The molecule has 0 bridgehead atoms. The maximum absolute atomic E-state index is 11.5. The van der Waals surface area contributed by atoms with Crippen LogP contribution in [0.25, 0.3) is 6.08 Å². The second-order valence-electron chi connectivity index (χ2n) is 6.41. The number of hydrogen-bond acceptors (Lipinski definition) is 6. The molecule has 1 fully saturated rings. The van der Waals surface area contributed by atoms with Crippen LogP contribution in [0.1, 0.15) is 29.9 Å². The van der Waals surface area contributed by atoms with Gasteiger partial charge >= 0.3 is 5.69 Å². The molecule has 1 saturated heterocycles. The van der Waals surface area contributed by atoms with Crippen molar-refractivity contribution in [1.29, 1.82) is 0 Å². The third-order valence-corrected chi connectivity index (χ3v) is 4.79. The molecule has 1 aromatic carbocycles. The van der Waals surface area contributed by atoms with E-state index in [2.05, 4.69) is 14.9 Å². The Morgan fingerprint density at radius 2 is 1.96 bits per heavy atom. The molecule has 0 aliphatic carbocycles. The van der Waals surface area contributed by atoms with Crippen LogP contribution in [0.5, 0.6) is 5.75 Å². The van der Waals surface area contributed by atoms with Gasteiger partial charge in [0.2, 0.25) is 5.15 Å². The van der Waals surface area contributed by atoms with Crippen molar-refractivity contribution in [3.05, 3.63) is 62.3 Å². The predicted octanol–water partition coefficient (Wildman–Crippen LogP) is 4.03. The summed E-state index contributed by atoms with van der Waals surface area (Å²) >= 11 is 6.02. The smallest absolute Gasteiger partial charge is 0.331 e. The number of benzene rings is 1. The van der Waals surface area contributed by atoms with E-state index in [0.29, 0.717) is 12.2 Å². The van der Waals surface area contributed by atoms with E-state index in [1.165, 1.54) is 0 Å². The number of allylic oxidation sites excluding steroid dienone is 1. The number of nitrogens with zero attached hydrogens (tertiary/aromatic N) is 4. The molecule has 1 aliphatic rings. The molecule has 0 atom stereocenters. The fraction of sp³-hybridized carbons (Fsp3) is 0.368. The number of methoxy groups -OCH3 is 1. The predicted molar refractivity (Wildman–Crippen MR) is 104 cm³/mol. The Morgan fingerprint density at radius 1 is 1.30 bits per heavy atom. The zero-order chi connectivity index (χ0) is 19.4. The van der Waals surface area contributed by atoms with Crippen molar-refractivity contribution < 1.29 is 9.66 Å². The summed E-state index contributed by atoms with van der Waals surface area (Å²) < 4.78 is 5.21. The second-order valence-corrected chi connectivity index (χ2v) is 6.77. The first-order valence-electron chi connectivity index (χ1n) is 8.75. The molecule has 2 aromatic rings. The Hall–Kier alpha value is -2.67. The van der Waals surface area contributed by atoms with E-state index in [-0.39, 0.29) is 16.5 Å². The first kappa shape index (κ1) is 19.1. The number of rotatable bonds is 6. The monoisotopic (exact) mass is 388 g/mol. The van der Waals surface area contributed by atoms with Gasteiger partial charge in [-0.1, -0.05) is 23.7 Å². The lowest BCUT2D eigenvalue weighted by atomic mass is 10.1. The maximum Gasteiger partial charge on any atom is 0.331 e. The van der Waals surface area contributed by atoms with Gasteiger partial charge in [-0.2, -0.15) is 0 Å². The van der Waals surface area contributed by atoms with Gasteiger partial charge in [0.25, 0.3) is 0 Å². The number of ether oxygens (including phenoxy) is 1. The van der Waals surface area contributed by atoms with Gasteiger partial charge in [-0.15, -0.1) is 0 Å². The Morgan fingerprint density at radius 3 is 2.56 bits per heavy atom. The molecule has 8 heteroatoms. The van der Waals surface area contributed by atoms with Crippen LogP contribution in [-0.4, -0.2) is 40.0 Å². The number of halogens is 1. The van der Waals surface area contributed by atoms with Crippen LogP contribution >= 0.6 is 11.6 Å². The van der Waals surface area contributed by atoms with Crippen LogP contribution in [0, 0.1) is 17.0 Å². The first-order chi connectivity index (χ1) is 13.0. The van der Waals surface area contributed by atoms with Gasteiger partial charge in [0.15, 0.2) is 0 Å². The summed E-state index contributed by atoms with van der Waals surface area (Å²) in [5.74, 6) is 1.20. The van der Waals surface area contributed by atoms with Gasteiger partial charge in [0.1, 0.15) is 17.3 Å². The summed E-state index contributed by atoms with van der Waals surface area (Å²) in [6.45, 7) is 3.52. The Bertz CT molecular complexity index is 862. The summed E-state index contributed by atoms with van der Waals surface area (Å²) in [5.41, 5.74) is 2.06. The molecule has 0 amide bonds. The van der Waals surface area contributed by atoms with Crippen molar-refractivity contribution in [1.82, 2.24) is 14.9 Å². The molecule has 0 radical (unpaired) electrons. The maximum atomic E-state index is 11.5. The van der Waals surface area contributed by atoms with E-state index in [1.807, 2.05) is 24.3 Å². The summed E-state index contributed by atoms with van der Waals surface area (Å²) in [5, 5.41) is 11.3. The standard InChI is InChI=1S/C19H21ClN4O3/c1-13-21-17(18(24(25)26)19(20)22-13)12-15(23-9-3-4-10-23)11-14-5-7-16(27-2)8-6-14/h5-8,12H,3-4,9-11H2,1-2H3/b15-12-. The van der Waals surface area contributed by atoms with E-state index in [0.717, 1.165) is 42.9 Å². The van der Waals surface area contributed by atoms with Gasteiger partial charge in [-0.25, -0.2) is 9.97 Å². The molecule has 0 saturated carbocycles. The van der Waals surface area contributed by atoms with Crippen molar-refractivity contribution in [2.24, 2.45) is 0 Å². The molecule has 0 N–H and O–H groups in total. The zero-order valence-corrected chi connectivity index (χ0v) is 16.1. The lowest BCUT2D eigenvalue weighted by Crippen LogP contribution is -2.20. The molecule has 7 nitrogen and oxygen atoms in total. The summed E-state index contributed by atoms with van der Waals surface area (Å²) in [6.07, 6.45) is 4.62. The van der Waals surface area contributed by atoms with Crippen molar-refractivity contribution in [3.8, 4) is 5.75 Å². The number of likely N-dealkylation sites (tertiary alicyclic amines) is 1. The van der Waals surface area contributed by atoms with Crippen molar-refractivity contribution >= 4 is 23.4 Å². The third kappa shape index (κ3) is 4.54. The first-order valence-corrected chi connectivity index (χ1v) is 9.12. The molecule has 27 heavy (non-hydrogen) atoms. The van der Waals surface area contributed by atoms with Gasteiger partial charge in [-0.3, -0.25) is 10.1 Å². The highest BCUT2D eigenvalue weighted by Crippen LogP contribution is 2.29. The van der Waals surface area contributed by atoms with Crippen LogP contribution in [0.2, 0.25) is 5.15 Å². The topological polar surface area (TPSA) is 81.4 Å². The van der Waals surface area contributed by atoms with E-state index in [1.54, 1.807) is 20.1 Å². The minimum absolute atomic E-state index is 0.135. The highest BCUT2D eigenvalue weighted by Gasteiger charge is 2.23. The van der Waals surface area contributed by atoms with Gasteiger partial charge in [-0.05, 0) is 43.5 Å². The molecule has 0 unspecified atom stereocenters. The Labute approximate surface area is 162 Å². The minimum atomic E-state index is -0.525. The quantitative estimate of drug-likeness (QED) is 0.422. The largest absolute Gasteiger partial charge is 0.497 e. The van der Waals surface area contributed by atoms with Gasteiger partial charge in [0, 0.05) is 25.2 Å². The molecular formula is C19H21ClN4O3. The Balaban J connectivity index is 2.01. The average Bonchev–Trinajstić information content (AvgIpc) is 3.15.